The van der Waals surface area contributed by atoms with Crippen LogP contribution in [0.15, 0.2) is 0 Å². The molecule has 52 valence electrons. The topological polar surface area (TPSA) is 66.5 Å². The van der Waals surface area contributed by atoms with Gasteiger partial charge in [0, 0.05) is 13.2 Å². The molecule has 0 aliphatic heterocycles. The van der Waals surface area contributed by atoms with Crippen LogP contribution < -0.4 is 5.73 Å². The summed E-state index contributed by atoms with van der Waals surface area (Å²) in [6, 6.07) is 0. The Bertz CT molecular complexity index is 24.4. The van der Waals surface area contributed by atoms with Crippen molar-refractivity contribution >= 4 is 0 Å². The first kappa shape index (κ1) is 10.8. The molecular formula is C5H15NO2. The molecule has 0 saturated carbocycles. The van der Waals surface area contributed by atoms with Crippen LogP contribution in [0.5, 0.6) is 0 Å². The van der Waals surface area contributed by atoms with Gasteiger partial charge in [-0.2, -0.15) is 0 Å². The quantitative estimate of drug-likeness (QED) is 0.453. The van der Waals surface area contributed by atoms with Gasteiger partial charge in [-0.1, -0.05) is 6.92 Å². The zero-order valence-electron chi connectivity index (χ0n) is 5.30. The molecule has 0 bridgehead atoms. The smallest absolute Gasteiger partial charge is 0.0452 e. The van der Waals surface area contributed by atoms with Gasteiger partial charge in [-0.15, -0.1) is 0 Å². The van der Waals surface area contributed by atoms with Gasteiger partial charge in [0.15, 0.2) is 0 Å². The normalized spacial score (nSPS) is 7.50. The second-order valence-corrected chi connectivity index (χ2v) is 1.21. The molecule has 3 nitrogen and oxygen atoms in total. The van der Waals surface area contributed by atoms with E-state index in [0.717, 1.165) is 6.54 Å². The Hall–Kier alpha value is -0.120. The van der Waals surface area contributed by atoms with Crippen molar-refractivity contribution in [2.45, 2.75) is 13.3 Å². The fourth-order valence-corrected chi connectivity index (χ4v) is 0.0707. The van der Waals surface area contributed by atoms with Gasteiger partial charge in [-0.05, 0) is 13.0 Å². The second-order valence-electron chi connectivity index (χ2n) is 1.21. The fraction of sp³-hybridized carbons (Fsp3) is 1.00. The highest BCUT2D eigenvalue weighted by Crippen LogP contribution is 1.65. The molecule has 0 aromatic heterocycles. The molecule has 0 aliphatic carbocycles. The van der Waals surface area contributed by atoms with Crippen molar-refractivity contribution in [1.82, 2.24) is 0 Å². The standard InChI is InChI=1S/C3H8O2.C2H7N/c4-2-1-3-5;1-2-3/h4-5H,1-3H2;2-3H2,1H3. The Morgan fingerprint density at radius 3 is 1.50 bits per heavy atom. The lowest BCUT2D eigenvalue weighted by molar-refractivity contribution is 0.221. The van der Waals surface area contributed by atoms with Crippen LogP contribution >= 0.6 is 0 Å². The first-order valence-corrected chi connectivity index (χ1v) is 2.75. The minimum absolute atomic E-state index is 0.0938. The molecule has 8 heavy (non-hydrogen) atoms. The molecule has 0 saturated heterocycles. The average molecular weight is 121 g/mol. The Kier molecular flexibility index (Phi) is 21.3. The predicted octanol–water partition coefficient (Wildman–Crippen LogP) is -0.674. The van der Waals surface area contributed by atoms with Crippen molar-refractivity contribution in [3.05, 3.63) is 0 Å². The molecule has 0 rings (SSSR count). The SMILES string of the molecule is CCN.OCCCO. The summed E-state index contributed by atoms with van der Waals surface area (Å²) >= 11 is 0. The highest BCUT2D eigenvalue weighted by molar-refractivity contribution is 4.22. The van der Waals surface area contributed by atoms with Gasteiger partial charge in [0.1, 0.15) is 0 Å². The predicted molar refractivity (Wildman–Crippen MR) is 33.5 cm³/mol. The maximum Gasteiger partial charge on any atom is 0.0452 e. The molecular weight excluding hydrogens is 106 g/mol. The molecule has 0 aliphatic rings. The molecule has 0 amide bonds. The van der Waals surface area contributed by atoms with Crippen LogP contribution in [-0.2, 0) is 0 Å². The number of aliphatic hydroxyl groups is 2. The summed E-state index contributed by atoms with van der Waals surface area (Å²) in [6.45, 7) is 2.84. The van der Waals surface area contributed by atoms with Gasteiger partial charge < -0.3 is 15.9 Å². The number of aliphatic hydroxyl groups excluding tert-OH is 2. The summed E-state index contributed by atoms with van der Waals surface area (Å²) in [5.74, 6) is 0. The summed E-state index contributed by atoms with van der Waals surface area (Å²) in [4.78, 5) is 0. The average Bonchev–Trinajstić information content (AvgIpc) is 1.71. The highest BCUT2D eigenvalue weighted by Gasteiger charge is 1.70. The summed E-state index contributed by atoms with van der Waals surface area (Å²) in [5.41, 5.74) is 4.85. The molecule has 0 atom stereocenters. The summed E-state index contributed by atoms with van der Waals surface area (Å²) in [6.07, 6.45) is 0.500. The highest BCUT2D eigenvalue weighted by atomic mass is 16.3. The molecule has 0 aromatic rings. The Morgan fingerprint density at radius 2 is 1.50 bits per heavy atom. The van der Waals surface area contributed by atoms with Gasteiger partial charge >= 0.3 is 0 Å². The molecule has 0 unspecified atom stereocenters. The van der Waals surface area contributed by atoms with Crippen LogP contribution in [-0.4, -0.2) is 30.0 Å². The molecule has 0 heterocycles. The van der Waals surface area contributed by atoms with Crippen LogP contribution in [0.2, 0.25) is 0 Å². The number of hydrogen-bond donors (Lipinski definition) is 3. The van der Waals surface area contributed by atoms with Crippen LogP contribution in [0.4, 0.5) is 0 Å². The van der Waals surface area contributed by atoms with Gasteiger partial charge in [0.25, 0.3) is 0 Å². The van der Waals surface area contributed by atoms with E-state index in [4.69, 9.17) is 15.9 Å². The zero-order chi connectivity index (χ0) is 6.83. The Balaban J connectivity index is 0. The van der Waals surface area contributed by atoms with E-state index in [1.807, 2.05) is 6.92 Å². The van der Waals surface area contributed by atoms with E-state index >= 15 is 0 Å². The van der Waals surface area contributed by atoms with Crippen molar-refractivity contribution in [3.8, 4) is 0 Å². The third-order valence-corrected chi connectivity index (χ3v) is 0.316. The van der Waals surface area contributed by atoms with Crippen molar-refractivity contribution in [3.63, 3.8) is 0 Å². The monoisotopic (exact) mass is 121 g/mol. The van der Waals surface area contributed by atoms with Crippen molar-refractivity contribution in [2.75, 3.05) is 19.8 Å². The largest absolute Gasteiger partial charge is 0.396 e. The van der Waals surface area contributed by atoms with Crippen LogP contribution in [0.25, 0.3) is 0 Å². The summed E-state index contributed by atoms with van der Waals surface area (Å²) in [7, 11) is 0. The van der Waals surface area contributed by atoms with Gasteiger partial charge in [-0.25, -0.2) is 0 Å². The molecule has 0 aromatic carbocycles. The van der Waals surface area contributed by atoms with E-state index in [9.17, 15) is 0 Å². The first-order valence-electron chi connectivity index (χ1n) is 2.75. The molecule has 3 heteroatoms. The lowest BCUT2D eigenvalue weighted by Crippen LogP contribution is -1.87. The Morgan fingerprint density at radius 1 is 1.25 bits per heavy atom. The molecule has 0 spiro atoms. The fourth-order valence-electron chi connectivity index (χ4n) is 0.0707. The number of hydrogen-bond acceptors (Lipinski definition) is 3. The van der Waals surface area contributed by atoms with Gasteiger partial charge in [0.05, 0.1) is 0 Å². The molecule has 4 N–H and O–H groups in total. The van der Waals surface area contributed by atoms with E-state index in [0.29, 0.717) is 6.42 Å². The van der Waals surface area contributed by atoms with E-state index in [-0.39, 0.29) is 13.2 Å². The lowest BCUT2D eigenvalue weighted by atomic mass is 10.5. The minimum atomic E-state index is 0.0938. The van der Waals surface area contributed by atoms with Crippen LogP contribution in [0, 0.1) is 0 Å². The first-order chi connectivity index (χ1) is 3.83. The lowest BCUT2D eigenvalue weighted by Gasteiger charge is -1.79. The van der Waals surface area contributed by atoms with Crippen molar-refractivity contribution in [2.24, 2.45) is 5.73 Å². The van der Waals surface area contributed by atoms with E-state index in [1.165, 1.54) is 0 Å². The second kappa shape index (κ2) is 15.8. The number of rotatable bonds is 2. The van der Waals surface area contributed by atoms with E-state index in [1.54, 1.807) is 0 Å². The minimum Gasteiger partial charge on any atom is -0.396 e. The molecule has 0 fully saturated rings. The van der Waals surface area contributed by atoms with Crippen molar-refractivity contribution < 1.29 is 10.2 Å². The maximum absolute atomic E-state index is 7.91. The van der Waals surface area contributed by atoms with E-state index < -0.39 is 0 Å². The summed E-state index contributed by atoms with van der Waals surface area (Å²) < 4.78 is 0. The van der Waals surface area contributed by atoms with Gasteiger partial charge in [-0.3, -0.25) is 0 Å². The summed E-state index contributed by atoms with van der Waals surface area (Å²) in [5, 5.41) is 15.8. The van der Waals surface area contributed by atoms with Crippen LogP contribution in [0.3, 0.4) is 0 Å². The zero-order valence-corrected chi connectivity index (χ0v) is 5.30. The van der Waals surface area contributed by atoms with E-state index in [2.05, 4.69) is 0 Å². The Labute approximate surface area is 50.1 Å². The third kappa shape index (κ3) is 39.6. The van der Waals surface area contributed by atoms with Crippen molar-refractivity contribution in [1.29, 1.82) is 0 Å². The van der Waals surface area contributed by atoms with Crippen LogP contribution in [0.1, 0.15) is 13.3 Å². The maximum atomic E-state index is 7.91. The van der Waals surface area contributed by atoms with Gasteiger partial charge in [0.2, 0.25) is 0 Å². The third-order valence-electron chi connectivity index (χ3n) is 0.316. The molecule has 0 radical (unpaired) electrons. The number of nitrogens with two attached hydrogens (primary N) is 1.